The molecule has 1 aromatic carbocycles. The van der Waals surface area contributed by atoms with Crippen molar-refractivity contribution in [3.63, 3.8) is 0 Å². The van der Waals surface area contributed by atoms with Crippen LogP contribution in [0.5, 0.6) is 5.75 Å². The Morgan fingerprint density at radius 1 is 1.38 bits per heavy atom. The highest BCUT2D eigenvalue weighted by atomic mass is 35.5. The monoisotopic (exact) mass is 325 g/mol. The fraction of sp³-hybridized carbons (Fsp3) is 0.571. The zero-order valence-corrected chi connectivity index (χ0v) is 12.6. The van der Waals surface area contributed by atoms with Crippen LogP contribution in [-0.2, 0) is 0 Å². The standard InChI is InChI=1S/C14H19ClF3NO2/c1-3-6-19-9(2)10-4-5-12(11(15)7-10)21-8-13(20)14(16,17)18/h4-5,7,9,13,19-20H,3,6,8H2,1-2H3. The van der Waals surface area contributed by atoms with E-state index in [0.29, 0.717) is 0 Å². The summed E-state index contributed by atoms with van der Waals surface area (Å²) in [4.78, 5) is 0. The van der Waals surface area contributed by atoms with Gasteiger partial charge in [0.25, 0.3) is 0 Å². The van der Waals surface area contributed by atoms with E-state index in [1.54, 1.807) is 12.1 Å². The normalized spacial score (nSPS) is 14.8. The Balaban J connectivity index is 2.66. The van der Waals surface area contributed by atoms with Gasteiger partial charge in [-0.1, -0.05) is 24.6 Å². The van der Waals surface area contributed by atoms with Gasteiger partial charge in [-0.15, -0.1) is 0 Å². The molecule has 7 heteroatoms. The molecule has 0 spiro atoms. The highest BCUT2D eigenvalue weighted by molar-refractivity contribution is 6.32. The number of halogens is 4. The Kier molecular flexibility index (Phi) is 6.77. The van der Waals surface area contributed by atoms with Gasteiger partial charge in [0.2, 0.25) is 0 Å². The lowest BCUT2D eigenvalue weighted by Crippen LogP contribution is -2.34. The average Bonchev–Trinajstić information content (AvgIpc) is 2.41. The molecule has 0 amide bonds. The molecule has 0 aliphatic heterocycles. The Morgan fingerprint density at radius 3 is 2.57 bits per heavy atom. The van der Waals surface area contributed by atoms with Crippen molar-refractivity contribution in [2.45, 2.75) is 38.6 Å². The molecule has 21 heavy (non-hydrogen) atoms. The minimum Gasteiger partial charge on any atom is -0.489 e. The largest absolute Gasteiger partial charge is 0.489 e. The molecule has 0 aliphatic rings. The van der Waals surface area contributed by atoms with Crippen LogP contribution in [0.25, 0.3) is 0 Å². The predicted octanol–water partition coefficient (Wildman–Crippen LogP) is 3.70. The SMILES string of the molecule is CCCNC(C)c1ccc(OCC(O)C(F)(F)F)c(Cl)c1. The van der Waals surface area contributed by atoms with Gasteiger partial charge in [0.15, 0.2) is 6.10 Å². The van der Waals surface area contributed by atoms with Gasteiger partial charge < -0.3 is 15.2 Å². The van der Waals surface area contributed by atoms with Crippen LogP contribution in [0.1, 0.15) is 31.9 Å². The number of benzene rings is 1. The first-order valence-electron chi connectivity index (χ1n) is 6.66. The highest BCUT2D eigenvalue weighted by Gasteiger charge is 2.38. The molecule has 0 bridgehead atoms. The molecular formula is C14H19ClF3NO2. The van der Waals surface area contributed by atoms with Crippen molar-refractivity contribution in [3.05, 3.63) is 28.8 Å². The van der Waals surface area contributed by atoms with Crippen molar-refractivity contribution in [1.82, 2.24) is 5.32 Å². The molecule has 0 aliphatic carbocycles. The van der Waals surface area contributed by atoms with Gasteiger partial charge in [0, 0.05) is 6.04 Å². The predicted molar refractivity (Wildman–Crippen MR) is 75.7 cm³/mol. The number of ether oxygens (including phenoxy) is 1. The second-order valence-corrected chi connectivity index (χ2v) is 5.14. The lowest BCUT2D eigenvalue weighted by Gasteiger charge is -2.17. The lowest BCUT2D eigenvalue weighted by atomic mass is 10.1. The van der Waals surface area contributed by atoms with Gasteiger partial charge in [-0.3, -0.25) is 0 Å². The summed E-state index contributed by atoms with van der Waals surface area (Å²) >= 11 is 5.99. The maximum atomic E-state index is 12.2. The van der Waals surface area contributed by atoms with E-state index < -0.39 is 18.9 Å². The summed E-state index contributed by atoms with van der Waals surface area (Å²) < 4.78 is 41.4. The van der Waals surface area contributed by atoms with E-state index in [-0.39, 0.29) is 16.8 Å². The van der Waals surface area contributed by atoms with Crippen LogP contribution in [0.15, 0.2) is 18.2 Å². The molecule has 1 rings (SSSR count). The summed E-state index contributed by atoms with van der Waals surface area (Å²) in [6, 6.07) is 4.96. The molecule has 3 nitrogen and oxygen atoms in total. The van der Waals surface area contributed by atoms with Crippen LogP contribution in [-0.4, -0.2) is 30.5 Å². The lowest BCUT2D eigenvalue weighted by molar-refractivity contribution is -0.210. The van der Waals surface area contributed by atoms with Gasteiger partial charge in [0.1, 0.15) is 12.4 Å². The fourth-order valence-electron chi connectivity index (χ4n) is 1.65. The molecule has 2 N–H and O–H groups in total. The van der Waals surface area contributed by atoms with Crippen LogP contribution in [0.3, 0.4) is 0 Å². The number of aliphatic hydroxyl groups is 1. The molecule has 1 aromatic rings. The summed E-state index contributed by atoms with van der Waals surface area (Å²) in [5.41, 5.74) is 0.914. The molecule has 0 saturated carbocycles. The Bertz CT molecular complexity index is 454. The molecule has 2 atom stereocenters. The van der Waals surface area contributed by atoms with E-state index in [0.717, 1.165) is 18.5 Å². The van der Waals surface area contributed by atoms with Crippen molar-refractivity contribution in [2.24, 2.45) is 0 Å². The number of alkyl halides is 3. The van der Waals surface area contributed by atoms with E-state index in [1.807, 2.05) is 6.92 Å². The summed E-state index contributed by atoms with van der Waals surface area (Å²) in [5, 5.41) is 12.4. The number of rotatable bonds is 7. The minimum absolute atomic E-state index is 0.0808. The van der Waals surface area contributed by atoms with Crippen LogP contribution in [0, 0.1) is 0 Å². The number of hydrogen-bond acceptors (Lipinski definition) is 3. The topological polar surface area (TPSA) is 41.5 Å². The van der Waals surface area contributed by atoms with E-state index in [2.05, 4.69) is 12.2 Å². The van der Waals surface area contributed by atoms with Crippen LogP contribution >= 0.6 is 11.6 Å². The van der Waals surface area contributed by atoms with E-state index in [4.69, 9.17) is 21.4 Å². The summed E-state index contributed by atoms with van der Waals surface area (Å²) in [6.45, 7) is 3.99. The third-order valence-electron chi connectivity index (χ3n) is 2.93. The van der Waals surface area contributed by atoms with Crippen LogP contribution < -0.4 is 10.1 Å². The fourth-order valence-corrected chi connectivity index (χ4v) is 1.89. The Morgan fingerprint density at radius 2 is 2.05 bits per heavy atom. The maximum absolute atomic E-state index is 12.2. The van der Waals surface area contributed by atoms with Crippen molar-refractivity contribution in [3.8, 4) is 5.75 Å². The highest BCUT2D eigenvalue weighted by Crippen LogP contribution is 2.29. The van der Waals surface area contributed by atoms with E-state index >= 15 is 0 Å². The first-order chi connectivity index (χ1) is 9.75. The first-order valence-corrected chi connectivity index (χ1v) is 7.04. The van der Waals surface area contributed by atoms with Crippen LogP contribution in [0.4, 0.5) is 13.2 Å². The molecule has 0 saturated heterocycles. The molecule has 0 radical (unpaired) electrons. The van der Waals surface area contributed by atoms with Crippen molar-refractivity contribution in [1.29, 1.82) is 0 Å². The second kappa shape index (κ2) is 7.87. The van der Waals surface area contributed by atoms with E-state index in [1.165, 1.54) is 6.07 Å². The summed E-state index contributed by atoms with van der Waals surface area (Å²) in [7, 11) is 0. The molecule has 0 heterocycles. The molecule has 0 fully saturated rings. The number of aliphatic hydroxyl groups excluding tert-OH is 1. The van der Waals surface area contributed by atoms with Gasteiger partial charge in [-0.2, -0.15) is 13.2 Å². The smallest absolute Gasteiger partial charge is 0.417 e. The number of nitrogens with one attached hydrogen (secondary N) is 1. The third-order valence-corrected chi connectivity index (χ3v) is 3.23. The van der Waals surface area contributed by atoms with Gasteiger partial charge >= 0.3 is 6.18 Å². The summed E-state index contributed by atoms with van der Waals surface area (Å²) in [5.74, 6) is 0.117. The quantitative estimate of drug-likeness (QED) is 0.803. The Labute approximate surface area is 127 Å². The van der Waals surface area contributed by atoms with Crippen molar-refractivity contribution in [2.75, 3.05) is 13.2 Å². The first kappa shape index (κ1) is 18.1. The van der Waals surface area contributed by atoms with Gasteiger partial charge in [0.05, 0.1) is 5.02 Å². The van der Waals surface area contributed by atoms with E-state index in [9.17, 15) is 13.2 Å². The number of hydrogen-bond donors (Lipinski definition) is 2. The molecule has 2 unspecified atom stereocenters. The second-order valence-electron chi connectivity index (χ2n) is 4.73. The minimum atomic E-state index is -4.70. The van der Waals surface area contributed by atoms with Gasteiger partial charge in [-0.25, -0.2) is 0 Å². The zero-order chi connectivity index (χ0) is 16.0. The van der Waals surface area contributed by atoms with Crippen LogP contribution in [0.2, 0.25) is 5.02 Å². The molecule has 0 aromatic heterocycles. The summed E-state index contributed by atoms with van der Waals surface area (Å²) in [6.07, 6.45) is -6.24. The van der Waals surface area contributed by atoms with Crippen molar-refractivity contribution < 1.29 is 23.0 Å². The van der Waals surface area contributed by atoms with Crippen molar-refractivity contribution >= 4 is 11.6 Å². The maximum Gasteiger partial charge on any atom is 0.417 e. The molecule has 120 valence electrons. The third kappa shape index (κ3) is 5.73. The Hall–Kier alpha value is -0.980. The zero-order valence-electron chi connectivity index (χ0n) is 11.9. The molecular weight excluding hydrogens is 307 g/mol. The average molecular weight is 326 g/mol. The van der Waals surface area contributed by atoms with Gasteiger partial charge in [-0.05, 0) is 37.6 Å².